The molecule has 0 saturated carbocycles. The van der Waals surface area contributed by atoms with E-state index in [1.807, 2.05) is 19.2 Å². The van der Waals surface area contributed by atoms with Crippen molar-refractivity contribution in [1.29, 1.82) is 0 Å². The molecule has 0 aliphatic rings. The van der Waals surface area contributed by atoms with Gasteiger partial charge in [0, 0.05) is 22.9 Å². The van der Waals surface area contributed by atoms with Gasteiger partial charge in [0.2, 0.25) is 5.78 Å². The van der Waals surface area contributed by atoms with Gasteiger partial charge < -0.3 is 0 Å². The van der Waals surface area contributed by atoms with Crippen LogP contribution >= 0.6 is 11.3 Å². The number of aromatic nitrogens is 3. The SMILES string of the molecule is Cc1scc(C(=O)c2cn(C)nn2)c1C. The highest BCUT2D eigenvalue weighted by Crippen LogP contribution is 2.22. The van der Waals surface area contributed by atoms with E-state index in [1.165, 1.54) is 9.56 Å². The van der Waals surface area contributed by atoms with Crippen LogP contribution in [0.2, 0.25) is 0 Å². The van der Waals surface area contributed by atoms with Crippen molar-refractivity contribution in [2.45, 2.75) is 13.8 Å². The number of hydrogen-bond donors (Lipinski definition) is 0. The van der Waals surface area contributed by atoms with Gasteiger partial charge in [0.25, 0.3) is 0 Å². The van der Waals surface area contributed by atoms with E-state index in [4.69, 9.17) is 0 Å². The summed E-state index contributed by atoms with van der Waals surface area (Å²) >= 11 is 1.58. The number of rotatable bonds is 2. The first-order chi connectivity index (χ1) is 7.09. The van der Waals surface area contributed by atoms with E-state index in [-0.39, 0.29) is 5.78 Å². The molecule has 0 aliphatic heterocycles. The Morgan fingerprint density at radius 1 is 1.47 bits per heavy atom. The summed E-state index contributed by atoms with van der Waals surface area (Å²) in [5.74, 6) is -0.0510. The Bertz CT molecular complexity index is 512. The molecule has 0 unspecified atom stereocenters. The molecule has 0 amide bonds. The standard InChI is InChI=1S/C10H11N3OS/c1-6-7(2)15-5-8(6)10(14)9-4-13(3)12-11-9/h4-5H,1-3H3. The lowest BCUT2D eigenvalue weighted by Gasteiger charge is -1.95. The van der Waals surface area contributed by atoms with Gasteiger partial charge >= 0.3 is 0 Å². The van der Waals surface area contributed by atoms with Crippen LogP contribution in [0.4, 0.5) is 0 Å². The largest absolute Gasteiger partial charge is 0.287 e. The van der Waals surface area contributed by atoms with Crippen molar-refractivity contribution < 1.29 is 4.79 Å². The Labute approximate surface area is 91.5 Å². The molecule has 0 aliphatic carbocycles. The molecule has 0 saturated heterocycles. The van der Waals surface area contributed by atoms with Crippen molar-refractivity contribution in [3.8, 4) is 0 Å². The molecule has 2 rings (SSSR count). The molecule has 0 atom stereocenters. The molecular weight excluding hydrogens is 210 g/mol. The first-order valence-electron chi connectivity index (χ1n) is 4.55. The van der Waals surface area contributed by atoms with Crippen LogP contribution in [0.25, 0.3) is 0 Å². The summed E-state index contributed by atoms with van der Waals surface area (Å²) in [7, 11) is 1.75. The molecular formula is C10H11N3OS. The quantitative estimate of drug-likeness (QED) is 0.725. The van der Waals surface area contributed by atoms with E-state index >= 15 is 0 Å². The van der Waals surface area contributed by atoms with Gasteiger partial charge in [0.15, 0.2) is 5.69 Å². The van der Waals surface area contributed by atoms with Gasteiger partial charge in [-0.2, -0.15) is 0 Å². The number of nitrogens with zero attached hydrogens (tertiary/aromatic N) is 3. The minimum absolute atomic E-state index is 0.0510. The lowest BCUT2D eigenvalue weighted by molar-refractivity contribution is 0.103. The molecule has 0 bridgehead atoms. The molecule has 0 radical (unpaired) electrons. The highest BCUT2D eigenvalue weighted by atomic mass is 32.1. The maximum absolute atomic E-state index is 12.0. The molecule has 0 aromatic carbocycles. The maximum Gasteiger partial charge on any atom is 0.216 e. The zero-order chi connectivity index (χ0) is 11.0. The van der Waals surface area contributed by atoms with Crippen LogP contribution in [0.1, 0.15) is 26.5 Å². The van der Waals surface area contributed by atoms with Gasteiger partial charge in [-0.1, -0.05) is 5.21 Å². The zero-order valence-electron chi connectivity index (χ0n) is 8.81. The Kier molecular flexibility index (Phi) is 2.40. The van der Waals surface area contributed by atoms with E-state index < -0.39 is 0 Å². The number of aryl methyl sites for hydroxylation is 2. The fourth-order valence-corrected chi connectivity index (χ4v) is 2.19. The highest BCUT2D eigenvalue weighted by Gasteiger charge is 2.17. The summed E-state index contributed by atoms with van der Waals surface area (Å²) in [6.07, 6.45) is 1.63. The maximum atomic E-state index is 12.0. The van der Waals surface area contributed by atoms with Gasteiger partial charge in [-0.15, -0.1) is 16.4 Å². The van der Waals surface area contributed by atoms with E-state index in [9.17, 15) is 4.79 Å². The average Bonchev–Trinajstić information content (AvgIpc) is 2.75. The second-order valence-electron chi connectivity index (χ2n) is 3.44. The summed E-state index contributed by atoms with van der Waals surface area (Å²) in [5.41, 5.74) is 2.17. The van der Waals surface area contributed by atoms with Crippen LogP contribution in [0, 0.1) is 13.8 Å². The van der Waals surface area contributed by atoms with Gasteiger partial charge in [0.1, 0.15) is 0 Å². The van der Waals surface area contributed by atoms with Crippen LogP contribution in [-0.4, -0.2) is 20.8 Å². The third kappa shape index (κ3) is 1.70. The number of carbonyl (C=O) groups is 1. The third-order valence-electron chi connectivity index (χ3n) is 2.37. The minimum atomic E-state index is -0.0510. The second-order valence-corrected chi connectivity index (χ2v) is 4.52. The molecule has 2 aromatic rings. The number of hydrogen-bond acceptors (Lipinski definition) is 4. The fraction of sp³-hybridized carbons (Fsp3) is 0.300. The average molecular weight is 221 g/mol. The number of ketones is 1. The van der Waals surface area contributed by atoms with Crippen LogP contribution in [0.15, 0.2) is 11.6 Å². The van der Waals surface area contributed by atoms with E-state index in [2.05, 4.69) is 10.3 Å². The molecule has 0 N–H and O–H groups in total. The molecule has 5 heteroatoms. The lowest BCUT2D eigenvalue weighted by atomic mass is 10.1. The third-order valence-corrected chi connectivity index (χ3v) is 3.38. The Hall–Kier alpha value is -1.49. The number of carbonyl (C=O) groups excluding carboxylic acids is 1. The molecule has 78 valence electrons. The molecule has 2 heterocycles. The monoisotopic (exact) mass is 221 g/mol. The van der Waals surface area contributed by atoms with Crippen molar-refractivity contribution in [2.75, 3.05) is 0 Å². The molecule has 2 aromatic heterocycles. The zero-order valence-corrected chi connectivity index (χ0v) is 9.63. The normalized spacial score (nSPS) is 10.6. The summed E-state index contributed by atoms with van der Waals surface area (Å²) in [6, 6.07) is 0. The van der Waals surface area contributed by atoms with E-state index in [1.54, 1.807) is 24.6 Å². The van der Waals surface area contributed by atoms with Crippen LogP contribution in [0.5, 0.6) is 0 Å². The molecule has 0 spiro atoms. The second kappa shape index (κ2) is 3.58. The smallest absolute Gasteiger partial charge is 0.216 e. The van der Waals surface area contributed by atoms with Crippen LogP contribution in [-0.2, 0) is 7.05 Å². The summed E-state index contributed by atoms with van der Waals surface area (Å²) in [5, 5.41) is 9.44. The van der Waals surface area contributed by atoms with E-state index in [0.29, 0.717) is 5.69 Å². The predicted octanol–water partition coefficient (Wildman–Crippen LogP) is 1.72. The fourth-order valence-electron chi connectivity index (χ4n) is 1.33. The van der Waals surface area contributed by atoms with Crippen molar-refractivity contribution in [2.24, 2.45) is 7.05 Å². The molecule has 4 nitrogen and oxygen atoms in total. The van der Waals surface area contributed by atoms with Crippen LogP contribution < -0.4 is 0 Å². The molecule has 0 fully saturated rings. The predicted molar refractivity (Wildman–Crippen MR) is 58.2 cm³/mol. The van der Waals surface area contributed by atoms with Crippen molar-refractivity contribution in [1.82, 2.24) is 15.0 Å². The van der Waals surface area contributed by atoms with Crippen molar-refractivity contribution in [3.63, 3.8) is 0 Å². The Balaban J connectivity index is 2.41. The first kappa shape index (κ1) is 10.0. The van der Waals surface area contributed by atoms with Gasteiger partial charge in [-0.3, -0.25) is 9.48 Å². The number of thiophene rings is 1. The summed E-state index contributed by atoms with van der Waals surface area (Å²) in [4.78, 5) is 13.2. The van der Waals surface area contributed by atoms with Crippen molar-refractivity contribution in [3.05, 3.63) is 33.3 Å². The van der Waals surface area contributed by atoms with Crippen molar-refractivity contribution >= 4 is 17.1 Å². The Morgan fingerprint density at radius 3 is 2.67 bits per heavy atom. The van der Waals surface area contributed by atoms with E-state index in [0.717, 1.165) is 11.1 Å². The minimum Gasteiger partial charge on any atom is -0.287 e. The molecule has 15 heavy (non-hydrogen) atoms. The summed E-state index contributed by atoms with van der Waals surface area (Å²) in [6.45, 7) is 3.96. The van der Waals surface area contributed by atoms with Gasteiger partial charge in [-0.05, 0) is 19.4 Å². The highest BCUT2D eigenvalue weighted by molar-refractivity contribution is 7.10. The summed E-state index contributed by atoms with van der Waals surface area (Å²) < 4.78 is 1.53. The first-order valence-corrected chi connectivity index (χ1v) is 5.43. The van der Waals surface area contributed by atoms with Crippen LogP contribution in [0.3, 0.4) is 0 Å². The van der Waals surface area contributed by atoms with Gasteiger partial charge in [0.05, 0.1) is 6.20 Å². The lowest BCUT2D eigenvalue weighted by Crippen LogP contribution is -2.02. The van der Waals surface area contributed by atoms with Gasteiger partial charge in [-0.25, -0.2) is 0 Å². The topological polar surface area (TPSA) is 47.8 Å². The Morgan fingerprint density at radius 2 is 2.20 bits per heavy atom.